The third-order valence-electron chi connectivity index (χ3n) is 2.47. The number of esters is 1. The van der Waals surface area contributed by atoms with E-state index in [9.17, 15) is 14.0 Å². The number of ketones is 1. The monoisotopic (exact) mass is 238 g/mol. The van der Waals surface area contributed by atoms with Crippen molar-refractivity contribution in [1.82, 2.24) is 0 Å². The van der Waals surface area contributed by atoms with E-state index in [1.54, 1.807) is 18.2 Å². The van der Waals surface area contributed by atoms with E-state index in [1.807, 2.05) is 0 Å². The minimum atomic E-state index is -0.399. The molecule has 0 saturated carbocycles. The fourth-order valence-electron chi connectivity index (χ4n) is 1.44. The number of methoxy groups -OCH3 is 1. The van der Waals surface area contributed by atoms with Gasteiger partial charge >= 0.3 is 5.97 Å². The van der Waals surface area contributed by atoms with E-state index in [1.165, 1.54) is 13.2 Å². The number of hydrogen-bond acceptors (Lipinski definition) is 3. The summed E-state index contributed by atoms with van der Waals surface area (Å²) in [6.45, 7) is 0. The molecular formula is C13H15FO3. The summed E-state index contributed by atoms with van der Waals surface area (Å²) in [5, 5.41) is 0. The highest BCUT2D eigenvalue weighted by Gasteiger charge is 2.08. The van der Waals surface area contributed by atoms with Crippen molar-refractivity contribution in [3.8, 4) is 0 Å². The predicted molar refractivity (Wildman–Crippen MR) is 61.0 cm³/mol. The number of aryl methyl sites for hydroxylation is 1. The molecule has 0 radical (unpaired) electrons. The van der Waals surface area contributed by atoms with Gasteiger partial charge in [-0.15, -0.1) is 0 Å². The van der Waals surface area contributed by atoms with E-state index >= 15 is 0 Å². The van der Waals surface area contributed by atoms with E-state index in [2.05, 4.69) is 4.74 Å². The van der Waals surface area contributed by atoms with Crippen LogP contribution in [0.15, 0.2) is 24.3 Å². The van der Waals surface area contributed by atoms with Crippen LogP contribution in [-0.2, 0) is 20.7 Å². The first-order valence-electron chi connectivity index (χ1n) is 5.45. The minimum Gasteiger partial charge on any atom is -0.469 e. The molecule has 0 atom stereocenters. The summed E-state index contributed by atoms with van der Waals surface area (Å²) in [5.41, 5.74) is 0.527. The largest absolute Gasteiger partial charge is 0.469 e. The van der Waals surface area contributed by atoms with Crippen molar-refractivity contribution in [3.63, 3.8) is 0 Å². The molecule has 0 aliphatic rings. The van der Waals surface area contributed by atoms with Crippen molar-refractivity contribution in [1.29, 1.82) is 0 Å². The molecule has 1 rings (SSSR count). The average molecular weight is 238 g/mol. The van der Waals surface area contributed by atoms with Crippen LogP contribution in [-0.4, -0.2) is 18.9 Å². The summed E-state index contributed by atoms with van der Waals surface area (Å²) in [6, 6.07) is 6.37. The molecule has 1 aromatic rings. The van der Waals surface area contributed by atoms with Gasteiger partial charge in [0.15, 0.2) is 0 Å². The van der Waals surface area contributed by atoms with E-state index in [-0.39, 0.29) is 30.9 Å². The SMILES string of the molecule is COC(=O)CCC(=O)CCc1ccccc1F. The standard InChI is InChI=1S/C13H15FO3/c1-17-13(16)9-8-11(15)7-6-10-4-2-3-5-12(10)14/h2-5H,6-9H2,1H3. The second kappa shape index (κ2) is 6.78. The first kappa shape index (κ1) is 13.4. The Balaban J connectivity index is 2.34. The van der Waals surface area contributed by atoms with Gasteiger partial charge in [0.05, 0.1) is 13.5 Å². The van der Waals surface area contributed by atoms with Gasteiger partial charge in [-0.1, -0.05) is 18.2 Å². The summed E-state index contributed by atoms with van der Waals surface area (Å²) in [4.78, 5) is 22.2. The molecule has 4 heteroatoms. The van der Waals surface area contributed by atoms with Crippen molar-refractivity contribution >= 4 is 11.8 Å². The molecule has 0 aliphatic carbocycles. The maximum Gasteiger partial charge on any atom is 0.305 e. The van der Waals surface area contributed by atoms with E-state index < -0.39 is 5.97 Å². The van der Waals surface area contributed by atoms with Crippen LogP contribution in [0.1, 0.15) is 24.8 Å². The molecule has 0 fully saturated rings. The Bertz CT molecular complexity index is 401. The van der Waals surface area contributed by atoms with Crippen LogP contribution < -0.4 is 0 Å². The lowest BCUT2D eigenvalue weighted by molar-refractivity contribution is -0.141. The predicted octanol–water partition coefficient (Wildman–Crippen LogP) is 2.28. The van der Waals surface area contributed by atoms with Gasteiger partial charge in [0.1, 0.15) is 11.6 Å². The number of halogens is 1. The van der Waals surface area contributed by atoms with Crippen LogP contribution in [0.4, 0.5) is 4.39 Å². The lowest BCUT2D eigenvalue weighted by Gasteiger charge is -2.02. The molecule has 0 aliphatic heterocycles. The van der Waals surface area contributed by atoms with Gasteiger partial charge in [-0.2, -0.15) is 0 Å². The lowest BCUT2D eigenvalue weighted by Crippen LogP contribution is -2.06. The van der Waals surface area contributed by atoms with Crippen LogP contribution in [0.5, 0.6) is 0 Å². The van der Waals surface area contributed by atoms with Gasteiger partial charge in [-0.05, 0) is 18.1 Å². The minimum absolute atomic E-state index is 0.0568. The number of carbonyl (C=O) groups is 2. The van der Waals surface area contributed by atoms with Crippen molar-refractivity contribution in [2.45, 2.75) is 25.7 Å². The zero-order valence-electron chi connectivity index (χ0n) is 9.74. The summed E-state index contributed by atoms with van der Waals surface area (Å²) < 4.78 is 17.7. The Morgan fingerprint density at radius 1 is 1.18 bits per heavy atom. The molecule has 0 N–H and O–H groups in total. The zero-order chi connectivity index (χ0) is 12.7. The van der Waals surface area contributed by atoms with Crippen molar-refractivity contribution < 1.29 is 18.7 Å². The topological polar surface area (TPSA) is 43.4 Å². The third kappa shape index (κ3) is 4.76. The molecule has 17 heavy (non-hydrogen) atoms. The zero-order valence-corrected chi connectivity index (χ0v) is 9.74. The Hall–Kier alpha value is -1.71. The summed E-state index contributed by atoms with van der Waals surface area (Å²) in [7, 11) is 1.28. The number of ether oxygens (including phenoxy) is 1. The Morgan fingerprint density at radius 3 is 2.53 bits per heavy atom. The van der Waals surface area contributed by atoms with Crippen LogP contribution in [0.3, 0.4) is 0 Å². The Morgan fingerprint density at radius 2 is 1.88 bits per heavy atom. The molecular weight excluding hydrogens is 223 g/mol. The van der Waals surface area contributed by atoms with Gasteiger partial charge in [0, 0.05) is 12.8 Å². The van der Waals surface area contributed by atoms with E-state index in [0.29, 0.717) is 12.0 Å². The van der Waals surface area contributed by atoms with Crippen molar-refractivity contribution in [2.24, 2.45) is 0 Å². The maximum atomic E-state index is 13.2. The van der Waals surface area contributed by atoms with Crippen molar-refractivity contribution in [2.75, 3.05) is 7.11 Å². The smallest absolute Gasteiger partial charge is 0.305 e. The second-order valence-corrected chi connectivity index (χ2v) is 3.71. The molecule has 1 aromatic carbocycles. The van der Waals surface area contributed by atoms with E-state index in [0.717, 1.165) is 0 Å². The van der Waals surface area contributed by atoms with Crippen LogP contribution >= 0.6 is 0 Å². The number of benzene rings is 1. The third-order valence-corrected chi connectivity index (χ3v) is 2.47. The van der Waals surface area contributed by atoms with Crippen LogP contribution in [0.2, 0.25) is 0 Å². The highest BCUT2D eigenvalue weighted by atomic mass is 19.1. The van der Waals surface area contributed by atoms with Gasteiger partial charge in [-0.25, -0.2) is 4.39 Å². The summed E-state index contributed by atoms with van der Waals surface area (Å²) >= 11 is 0. The Kier molecular flexibility index (Phi) is 5.33. The fraction of sp³-hybridized carbons (Fsp3) is 0.385. The second-order valence-electron chi connectivity index (χ2n) is 3.71. The number of hydrogen-bond donors (Lipinski definition) is 0. The Labute approximate surface area is 99.6 Å². The lowest BCUT2D eigenvalue weighted by atomic mass is 10.0. The molecule has 0 heterocycles. The number of rotatable bonds is 6. The molecule has 0 bridgehead atoms. The summed E-state index contributed by atoms with van der Waals surface area (Å²) in [6.07, 6.45) is 0.859. The van der Waals surface area contributed by atoms with Gasteiger partial charge < -0.3 is 4.74 Å². The quantitative estimate of drug-likeness (QED) is 0.714. The fourth-order valence-corrected chi connectivity index (χ4v) is 1.44. The molecule has 0 unspecified atom stereocenters. The highest BCUT2D eigenvalue weighted by molar-refractivity contribution is 5.83. The van der Waals surface area contributed by atoms with Crippen LogP contribution in [0.25, 0.3) is 0 Å². The molecule has 92 valence electrons. The van der Waals surface area contributed by atoms with Gasteiger partial charge in [-0.3, -0.25) is 9.59 Å². The first-order chi connectivity index (χ1) is 8.13. The maximum absolute atomic E-state index is 13.2. The average Bonchev–Trinajstić information content (AvgIpc) is 2.35. The van der Waals surface area contributed by atoms with Crippen LogP contribution in [0, 0.1) is 5.82 Å². The normalized spacial score (nSPS) is 10.0. The molecule has 0 amide bonds. The molecule has 0 spiro atoms. The summed E-state index contributed by atoms with van der Waals surface area (Å²) in [5.74, 6) is -0.754. The van der Waals surface area contributed by atoms with Crippen molar-refractivity contribution in [3.05, 3.63) is 35.6 Å². The highest BCUT2D eigenvalue weighted by Crippen LogP contribution is 2.10. The number of Topliss-reactive ketones (excluding diaryl/α,β-unsaturated/α-hetero) is 1. The first-order valence-corrected chi connectivity index (χ1v) is 5.45. The molecule has 3 nitrogen and oxygen atoms in total. The van der Waals surface area contributed by atoms with E-state index in [4.69, 9.17) is 0 Å². The van der Waals surface area contributed by atoms with Gasteiger partial charge in [0.2, 0.25) is 0 Å². The van der Waals surface area contributed by atoms with Gasteiger partial charge in [0.25, 0.3) is 0 Å². The number of carbonyl (C=O) groups excluding carboxylic acids is 2. The molecule has 0 aromatic heterocycles. The molecule has 0 saturated heterocycles.